The summed E-state index contributed by atoms with van der Waals surface area (Å²) in [6.45, 7) is 25.4. The molecule has 4 aromatic rings. The van der Waals surface area contributed by atoms with Gasteiger partial charge in [-0.3, -0.25) is 0 Å². The molecular formula is C43H51Cl2SiZr. The van der Waals surface area contributed by atoms with Crippen LogP contribution in [-0.4, -0.2) is 5.92 Å². The van der Waals surface area contributed by atoms with Gasteiger partial charge in [0.25, 0.3) is 0 Å². The first kappa shape index (κ1) is 34.9. The second-order valence-corrected chi connectivity index (χ2v) is 58.7. The molecule has 0 radical (unpaired) electrons. The normalized spacial score (nSPS) is 18.6. The molecule has 0 spiro atoms. The quantitative estimate of drug-likeness (QED) is 0.172. The monoisotopic (exact) mass is 755 g/mol. The second-order valence-electron chi connectivity index (χ2n) is 16.1. The average Bonchev–Trinajstić information content (AvgIpc) is 3.59. The van der Waals surface area contributed by atoms with E-state index in [1.165, 1.54) is 77.9 Å². The van der Waals surface area contributed by atoms with Crippen LogP contribution in [0.1, 0.15) is 93.3 Å². The molecule has 0 aromatic heterocycles. The molecule has 2 aliphatic rings. The predicted octanol–water partition coefficient (Wildman–Crippen LogP) is 13.5. The second kappa shape index (κ2) is 12.1. The predicted molar refractivity (Wildman–Crippen MR) is 209 cm³/mol. The first-order chi connectivity index (χ1) is 21.9. The van der Waals surface area contributed by atoms with E-state index in [2.05, 4.69) is 160 Å². The van der Waals surface area contributed by atoms with E-state index in [0.29, 0.717) is 5.92 Å². The van der Waals surface area contributed by atoms with Gasteiger partial charge in [0.05, 0.1) is 0 Å². The number of aryl methyl sites for hydroxylation is 3. The zero-order valence-corrected chi connectivity index (χ0v) is 35.3. The molecule has 2 aliphatic carbocycles. The van der Waals surface area contributed by atoms with Crippen LogP contribution in [0.25, 0.3) is 34.4 Å². The summed E-state index contributed by atoms with van der Waals surface area (Å²) in [5, 5.41) is 0. The molecule has 0 fully saturated rings. The van der Waals surface area contributed by atoms with Crippen molar-refractivity contribution in [1.29, 1.82) is 0 Å². The third-order valence-electron chi connectivity index (χ3n) is 11.3. The van der Waals surface area contributed by atoms with Gasteiger partial charge in [-0.15, -0.1) is 0 Å². The van der Waals surface area contributed by atoms with Crippen LogP contribution in [0, 0.1) is 26.7 Å². The van der Waals surface area contributed by atoms with Crippen LogP contribution in [0.5, 0.6) is 0 Å². The van der Waals surface area contributed by atoms with Gasteiger partial charge in [0.15, 0.2) is 0 Å². The first-order valence-corrected chi connectivity index (χ1v) is 33.7. The van der Waals surface area contributed by atoms with Crippen LogP contribution in [-0.2, 0) is 21.0 Å². The fraction of sp³-hybridized carbons (Fsp3) is 0.349. The van der Waals surface area contributed by atoms with Crippen molar-refractivity contribution in [3.05, 3.63) is 128 Å². The molecule has 245 valence electrons. The zero-order chi connectivity index (χ0) is 34.2. The van der Waals surface area contributed by atoms with Gasteiger partial charge < -0.3 is 0 Å². The molecular weight excluding hydrogens is 707 g/mol. The summed E-state index contributed by atoms with van der Waals surface area (Å²) in [4.78, 5) is 0. The van der Waals surface area contributed by atoms with E-state index < -0.39 is 21.5 Å². The number of benzene rings is 4. The van der Waals surface area contributed by atoms with E-state index in [-0.39, 0.29) is 12.7 Å². The van der Waals surface area contributed by atoms with Crippen molar-refractivity contribution in [1.82, 2.24) is 0 Å². The molecule has 2 atom stereocenters. The van der Waals surface area contributed by atoms with E-state index in [1.807, 2.05) is 0 Å². The number of rotatable bonds is 6. The third-order valence-corrected chi connectivity index (χ3v) is 63.2. The van der Waals surface area contributed by atoms with Gasteiger partial charge in [0.2, 0.25) is 0 Å². The van der Waals surface area contributed by atoms with Crippen molar-refractivity contribution >= 4 is 35.1 Å². The minimum atomic E-state index is -4.85. The van der Waals surface area contributed by atoms with Gasteiger partial charge in [-0.1, -0.05) is 0 Å². The molecule has 0 saturated carbocycles. The third kappa shape index (κ3) is 5.59. The van der Waals surface area contributed by atoms with Crippen LogP contribution in [0.3, 0.4) is 0 Å². The summed E-state index contributed by atoms with van der Waals surface area (Å²) in [5.74, 6) is -1.30. The van der Waals surface area contributed by atoms with E-state index in [0.717, 1.165) is 0 Å². The minimum absolute atomic E-state index is 0.0818. The molecule has 0 saturated heterocycles. The Kier molecular flexibility index (Phi) is 9.00. The van der Waals surface area contributed by atoms with E-state index in [9.17, 15) is 0 Å². The molecule has 0 heterocycles. The standard InChI is InChI=1S/C22H25.C19H19.C2H7Si.2ClH.Zr/c1-15(2)18-13-17-7-6-8-20(21(17)14-18)16-9-11-19(12-10-16)22(3,4)5;1-12-5-6-14(3)17(9-12)16-8-7-15(4)18-10-13(2)11-19(16)18;1-3-2;;;/h6-15H,1-5H3;5-11H,1-4H3;3H,1-2H3;2*1H;/q;;;;;+2/p-2. The molecule has 0 bridgehead atoms. The molecule has 0 nitrogen and oxygen atoms in total. The Morgan fingerprint density at radius 1 is 0.702 bits per heavy atom. The number of halogens is 2. The Bertz CT molecular complexity index is 1950. The maximum atomic E-state index is 8.68. The van der Waals surface area contributed by atoms with Crippen LogP contribution >= 0.6 is 17.0 Å². The van der Waals surface area contributed by atoms with Crippen molar-refractivity contribution in [3.8, 4) is 22.3 Å². The average molecular weight is 758 g/mol. The SMILES string of the molecule is CC1=Cc2c(-c3cc(C)ccc3C)ccc(C)c2[CH]1[Zr]([Cl])([Cl])([CH]1C(C(C)C)=Cc2c(-c3ccc(C(C)(C)C)cc3)cccc21)[SiH](C)C. The summed E-state index contributed by atoms with van der Waals surface area (Å²) in [6, 6.07) is 27.5. The summed E-state index contributed by atoms with van der Waals surface area (Å²) in [5.41, 5.74) is 18.7. The summed E-state index contributed by atoms with van der Waals surface area (Å²) < 4.78 is 0.164. The van der Waals surface area contributed by atoms with Crippen molar-refractivity contribution in [2.75, 3.05) is 0 Å². The van der Waals surface area contributed by atoms with Crippen LogP contribution in [0.2, 0.25) is 13.1 Å². The fourth-order valence-electron chi connectivity index (χ4n) is 8.57. The number of hydrogen-bond acceptors (Lipinski definition) is 0. The van der Waals surface area contributed by atoms with Crippen LogP contribution < -0.4 is 0 Å². The van der Waals surface area contributed by atoms with Gasteiger partial charge in [-0.2, -0.15) is 0 Å². The van der Waals surface area contributed by atoms with Crippen molar-refractivity contribution in [2.24, 2.45) is 5.92 Å². The van der Waals surface area contributed by atoms with Crippen LogP contribution in [0.15, 0.2) is 83.9 Å². The molecule has 47 heavy (non-hydrogen) atoms. The van der Waals surface area contributed by atoms with Crippen molar-refractivity contribution < 1.29 is 15.6 Å². The number of fused-ring (bicyclic) bond motifs is 2. The molecule has 0 amide bonds. The summed E-state index contributed by atoms with van der Waals surface area (Å²) in [7, 11) is 17.4. The fourth-order valence-corrected chi connectivity index (χ4v) is 40.8. The van der Waals surface area contributed by atoms with Gasteiger partial charge in [-0.25, -0.2) is 0 Å². The Hall–Kier alpha value is -1.96. The van der Waals surface area contributed by atoms with Crippen molar-refractivity contribution in [2.45, 2.75) is 88.1 Å². The van der Waals surface area contributed by atoms with E-state index in [4.69, 9.17) is 17.0 Å². The number of allylic oxidation sites excluding steroid dienone is 2. The Morgan fingerprint density at radius 3 is 1.98 bits per heavy atom. The Balaban J connectivity index is 1.58. The molecule has 0 aliphatic heterocycles. The Labute approximate surface area is 293 Å². The Morgan fingerprint density at radius 2 is 1.36 bits per heavy atom. The van der Waals surface area contributed by atoms with Crippen molar-refractivity contribution in [3.63, 3.8) is 0 Å². The van der Waals surface area contributed by atoms with Gasteiger partial charge in [0, 0.05) is 0 Å². The molecule has 0 N–H and O–H groups in total. The van der Waals surface area contributed by atoms with Gasteiger partial charge >= 0.3 is 295 Å². The molecule has 2 unspecified atom stereocenters. The zero-order valence-electron chi connectivity index (χ0n) is 30.1. The summed E-state index contributed by atoms with van der Waals surface area (Å²) in [6.07, 6.45) is 4.93. The van der Waals surface area contributed by atoms with Gasteiger partial charge in [0.1, 0.15) is 0 Å². The molecule has 4 aromatic carbocycles. The van der Waals surface area contributed by atoms with Crippen LogP contribution in [0.4, 0.5) is 0 Å². The summed E-state index contributed by atoms with van der Waals surface area (Å²) >= 11 is -4.85. The molecule has 4 heteroatoms. The topological polar surface area (TPSA) is 0 Å². The van der Waals surface area contributed by atoms with Gasteiger partial charge in [-0.05, 0) is 0 Å². The maximum absolute atomic E-state index is 8.68. The first-order valence-electron chi connectivity index (χ1n) is 17.4. The number of hydrogen-bond donors (Lipinski definition) is 0. The van der Waals surface area contributed by atoms with E-state index in [1.54, 1.807) is 0 Å². The van der Waals surface area contributed by atoms with E-state index >= 15 is 0 Å². The molecule has 6 rings (SSSR count).